The summed E-state index contributed by atoms with van der Waals surface area (Å²) in [5, 5.41) is 7.55. The minimum Gasteiger partial charge on any atom is -0.457 e. The lowest BCUT2D eigenvalue weighted by Gasteiger charge is -2.22. The van der Waals surface area contributed by atoms with E-state index in [0.717, 1.165) is 71.1 Å². The number of aromatic nitrogens is 4. The Morgan fingerprint density at radius 1 is 0.706 bits per heavy atom. The number of benzene rings is 4. The zero-order valence-electron chi connectivity index (χ0n) is 31.5. The predicted molar refractivity (Wildman–Crippen MR) is 213 cm³/mol. The van der Waals surface area contributed by atoms with Gasteiger partial charge in [-0.05, 0) is 115 Å². The lowest BCUT2D eigenvalue weighted by atomic mass is 9.86. The quantitative estimate of drug-likeness (QED) is 0.145. The summed E-state index contributed by atoms with van der Waals surface area (Å²) in [6.45, 7) is 17.8. The summed E-state index contributed by atoms with van der Waals surface area (Å²) in [5.74, 6) is 2.50. The van der Waals surface area contributed by atoms with Gasteiger partial charge in [0, 0.05) is 40.4 Å². The van der Waals surface area contributed by atoms with Crippen molar-refractivity contribution < 1.29 is 4.74 Å². The smallest absolute Gasteiger partial charge is 0.137 e. The minimum atomic E-state index is -0.0952. The van der Waals surface area contributed by atoms with Crippen LogP contribution in [0.5, 0.6) is 11.5 Å². The Kier molecular flexibility index (Phi) is 9.32. The van der Waals surface area contributed by atoms with Crippen LogP contribution in [0.3, 0.4) is 0 Å². The fourth-order valence-corrected chi connectivity index (χ4v) is 7.53. The van der Waals surface area contributed by atoms with E-state index < -0.39 is 0 Å². The van der Waals surface area contributed by atoms with E-state index in [0.29, 0.717) is 0 Å². The second-order valence-electron chi connectivity index (χ2n) is 14.8. The van der Waals surface area contributed by atoms with E-state index in [1.807, 2.05) is 6.20 Å². The molecule has 0 saturated heterocycles. The number of nitrogens with zero attached hydrogens (tertiary/aromatic N) is 4. The Bertz CT molecular complexity index is 2350. The Labute approximate surface area is 302 Å². The lowest BCUT2D eigenvalue weighted by molar-refractivity contribution is 0.478. The molecule has 0 saturated carbocycles. The number of fused-ring (bicyclic) bond motifs is 3. The van der Waals surface area contributed by atoms with Gasteiger partial charge >= 0.3 is 0 Å². The van der Waals surface area contributed by atoms with Gasteiger partial charge in [0.15, 0.2) is 0 Å². The van der Waals surface area contributed by atoms with Gasteiger partial charge in [-0.2, -0.15) is 5.10 Å². The molecule has 3 aromatic heterocycles. The topological polar surface area (TPSA) is 44.9 Å². The van der Waals surface area contributed by atoms with Crippen LogP contribution in [0.15, 0.2) is 97.2 Å². The van der Waals surface area contributed by atoms with Crippen molar-refractivity contribution in [1.82, 2.24) is 19.3 Å². The maximum absolute atomic E-state index is 6.81. The van der Waals surface area contributed by atoms with E-state index in [2.05, 4.69) is 156 Å². The molecule has 0 aliphatic heterocycles. The molecular formula is C46H50N4O. The molecule has 0 spiro atoms. The number of hydrogen-bond acceptors (Lipinski definition) is 3. The Morgan fingerprint density at radius 3 is 2.18 bits per heavy atom. The number of hydrogen-bond donors (Lipinski definition) is 0. The van der Waals surface area contributed by atoms with Gasteiger partial charge < -0.3 is 4.74 Å². The van der Waals surface area contributed by atoms with Crippen LogP contribution in [-0.4, -0.2) is 19.3 Å². The van der Waals surface area contributed by atoms with Gasteiger partial charge in [0.25, 0.3) is 0 Å². The van der Waals surface area contributed by atoms with Crippen molar-refractivity contribution in [3.63, 3.8) is 0 Å². The first-order chi connectivity index (χ1) is 24.6. The van der Waals surface area contributed by atoms with E-state index in [-0.39, 0.29) is 5.41 Å². The third kappa shape index (κ3) is 6.46. The largest absolute Gasteiger partial charge is 0.457 e. The molecule has 0 aliphatic rings. The summed E-state index contributed by atoms with van der Waals surface area (Å²) in [4.78, 5) is 4.86. The highest BCUT2D eigenvalue weighted by Gasteiger charge is 2.23. The average Bonchev–Trinajstić information content (AvgIpc) is 3.62. The van der Waals surface area contributed by atoms with Crippen LogP contribution in [0.4, 0.5) is 0 Å². The maximum atomic E-state index is 6.81. The van der Waals surface area contributed by atoms with Crippen LogP contribution in [0, 0.1) is 13.8 Å². The van der Waals surface area contributed by atoms with Gasteiger partial charge in [0.1, 0.15) is 17.3 Å². The van der Waals surface area contributed by atoms with E-state index in [4.69, 9.17) is 14.8 Å². The van der Waals surface area contributed by atoms with Crippen LogP contribution in [0.1, 0.15) is 88.0 Å². The van der Waals surface area contributed by atoms with E-state index >= 15 is 0 Å². The molecule has 0 unspecified atom stereocenters. The number of ether oxygens (including phenoxy) is 1. The SMILES string of the molecule is CCCCc1ccnc(-n2c3ccccc3c3ccc(Oc4cc(-n5nc(C)c(-c6c(CC)cccc6CC)c5C)cc(C(C)(C)C)c4)cc32)c1. The highest BCUT2D eigenvalue weighted by Crippen LogP contribution is 2.39. The highest BCUT2D eigenvalue weighted by atomic mass is 16.5. The van der Waals surface area contributed by atoms with Gasteiger partial charge in [-0.1, -0.05) is 84.4 Å². The molecule has 0 N–H and O–H groups in total. The zero-order chi connectivity index (χ0) is 35.9. The van der Waals surface area contributed by atoms with Crippen molar-refractivity contribution >= 4 is 21.8 Å². The molecule has 7 rings (SSSR count). The van der Waals surface area contributed by atoms with Crippen LogP contribution >= 0.6 is 0 Å². The van der Waals surface area contributed by atoms with Crippen molar-refractivity contribution in [1.29, 1.82) is 0 Å². The summed E-state index contributed by atoms with van der Waals surface area (Å²) in [5.41, 5.74) is 13.1. The van der Waals surface area contributed by atoms with Crippen LogP contribution in [0.2, 0.25) is 0 Å². The molecule has 5 nitrogen and oxygen atoms in total. The van der Waals surface area contributed by atoms with Crippen LogP contribution in [0.25, 0.3) is 44.4 Å². The molecule has 51 heavy (non-hydrogen) atoms. The summed E-state index contributed by atoms with van der Waals surface area (Å²) < 4.78 is 11.2. The van der Waals surface area contributed by atoms with Gasteiger partial charge in [-0.15, -0.1) is 0 Å². The van der Waals surface area contributed by atoms with Crippen LogP contribution < -0.4 is 4.74 Å². The highest BCUT2D eigenvalue weighted by molar-refractivity contribution is 6.09. The zero-order valence-corrected chi connectivity index (χ0v) is 31.5. The van der Waals surface area contributed by atoms with Crippen molar-refractivity contribution in [2.24, 2.45) is 0 Å². The average molecular weight is 675 g/mol. The number of unbranched alkanes of at least 4 members (excludes halogenated alkanes) is 1. The first-order valence-electron chi connectivity index (χ1n) is 18.6. The van der Waals surface area contributed by atoms with E-state index in [1.54, 1.807) is 0 Å². The molecule has 7 aromatic rings. The summed E-state index contributed by atoms with van der Waals surface area (Å²) in [6.07, 6.45) is 7.28. The van der Waals surface area contributed by atoms with Gasteiger partial charge in [0.05, 0.1) is 22.4 Å². The molecular weight excluding hydrogens is 625 g/mol. The first kappa shape index (κ1) is 34.3. The number of rotatable bonds is 10. The molecule has 0 aliphatic carbocycles. The third-order valence-corrected chi connectivity index (χ3v) is 10.3. The standard InChI is InChI=1S/C46H50N4O/c1-9-12-16-32-23-24-47-43(25-32)49-41-20-14-13-19-39(41)40-22-21-37(29-42(40)49)51-38-27-35(46(6,7)8)26-36(28-38)50-31(5)44(30(4)48-50)45-33(10-2)17-15-18-34(45)11-3/h13-15,17-29H,9-12,16H2,1-8H3. The predicted octanol–water partition coefficient (Wildman–Crippen LogP) is 12.2. The molecule has 3 heterocycles. The van der Waals surface area contributed by atoms with E-state index in [9.17, 15) is 0 Å². The van der Waals surface area contributed by atoms with E-state index in [1.165, 1.54) is 50.6 Å². The molecule has 0 atom stereocenters. The maximum Gasteiger partial charge on any atom is 0.137 e. The van der Waals surface area contributed by atoms with Crippen molar-refractivity contribution in [2.45, 2.75) is 92.9 Å². The molecule has 0 amide bonds. The lowest BCUT2D eigenvalue weighted by Crippen LogP contribution is -2.12. The Morgan fingerprint density at radius 2 is 1.45 bits per heavy atom. The minimum absolute atomic E-state index is 0.0952. The second kappa shape index (κ2) is 13.9. The molecule has 4 aromatic carbocycles. The second-order valence-corrected chi connectivity index (χ2v) is 14.8. The molecule has 5 heteroatoms. The van der Waals surface area contributed by atoms with Gasteiger partial charge in [-0.3, -0.25) is 4.57 Å². The Hall–Kier alpha value is -5.16. The first-order valence-corrected chi connectivity index (χ1v) is 18.6. The normalized spacial score (nSPS) is 11.9. The van der Waals surface area contributed by atoms with Crippen molar-refractivity contribution in [2.75, 3.05) is 0 Å². The monoisotopic (exact) mass is 674 g/mol. The summed E-state index contributed by atoms with van der Waals surface area (Å²) in [6, 6.07) is 32.7. The fourth-order valence-electron chi connectivity index (χ4n) is 7.53. The summed E-state index contributed by atoms with van der Waals surface area (Å²) in [7, 11) is 0. The van der Waals surface area contributed by atoms with Crippen LogP contribution in [-0.2, 0) is 24.7 Å². The third-order valence-electron chi connectivity index (χ3n) is 10.3. The number of para-hydroxylation sites is 1. The van der Waals surface area contributed by atoms with Crippen molar-refractivity contribution in [3.8, 4) is 34.1 Å². The number of aryl methyl sites for hydroxylation is 4. The molecule has 0 fully saturated rings. The molecule has 0 radical (unpaired) electrons. The molecule has 0 bridgehead atoms. The fraction of sp³-hybridized carbons (Fsp3) is 0.304. The molecule has 260 valence electrons. The van der Waals surface area contributed by atoms with Gasteiger partial charge in [0.2, 0.25) is 0 Å². The summed E-state index contributed by atoms with van der Waals surface area (Å²) >= 11 is 0. The Balaban J connectivity index is 1.34. The van der Waals surface area contributed by atoms with Crippen molar-refractivity contribution in [3.05, 3.63) is 131 Å². The van der Waals surface area contributed by atoms with Gasteiger partial charge in [-0.25, -0.2) is 9.67 Å². The number of pyridine rings is 1.